The average Bonchev–Trinajstić information content (AvgIpc) is 2.73. The fourth-order valence-electron chi connectivity index (χ4n) is 1.99. The summed E-state index contributed by atoms with van der Waals surface area (Å²) in [6.45, 7) is 6.26. The van der Waals surface area contributed by atoms with Crippen molar-refractivity contribution in [2.45, 2.75) is 32.1 Å². The average molecular weight is 283 g/mol. The van der Waals surface area contributed by atoms with Gasteiger partial charge in [0.1, 0.15) is 0 Å². The highest BCUT2D eigenvalue weighted by molar-refractivity contribution is 8.14. The van der Waals surface area contributed by atoms with Gasteiger partial charge in [-0.2, -0.15) is 0 Å². The molecule has 0 fully saturated rings. The van der Waals surface area contributed by atoms with Crippen LogP contribution in [0.25, 0.3) is 0 Å². The van der Waals surface area contributed by atoms with Crippen molar-refractivity contribution in [3.05, 3.63) is 34.9 Å². The minimum atomic E-state index is 0.645. The number of aliphatic imine (C=N–C) groups is 1. The zero-order valence-electron chi connectivity index (χ0n) is 10.8. The van der Waals surface area contributed by atoms with Gasteiger partial charge < -0.3 is 5.32 Å². The molecule has 0 saturated carbocycles. The monoisotopic (exact) mass is 282 g/mol. The lowest BCUT2D eigenvalue weighted by Crippen LogP contribution is -2.19. The number of thioether (sulfide) groups is 1. The van der Waals surface area contributed by atoms with E-state index in [1.165, 1.54) is 12.0 Å². The number of halogens is 1. The first-order valence-corrected chi connectivity index (χ1v) is 7.58. The van der Waals surface area contributed by atoms with Crippen molar-refractivity contribution in [2.75, 3.05) is 6.54 Å². The second-order valence-electron chi connectivity index (χ2n) is 5.00. The second kappa shape index (κ2) is 6.48. The van der Waals surface area contributed by atoms with Crippen LogP contribution in [0.2, 0.25) is 5.02 Å². The van der Waals surface area contributed by atoms with Crippen molar-refractivity contribution in [1.29, 1.82) is 0 Å². The molecule has 1 aromatic rings. The van der Waals surface area contributed by atoms with Crippen LogP contribution in [0.3, 0.4) is 0 Å². The van der Waals surface area contributed by atoms with Crippen molar-refractivity contribution >= 4 is 28.5 Å². The van der Waals surface area contributed by atoms with Crippen molar-refractivity contribution in [3.8, 4) is 0 Å². The van der Waals surface area contributed by atoms with Crippen LogP contribution in [-0.2, 0) is 6.54 Å². The Hall–Kier alpha value is -0.670. The van der Waals surface area contributed by atoms with Gasteiger partial charge in [-0.15, -0.1) is 0 Å². The molecule has 0 bridgehead atoms. The Kier molecular flexibility index (Phi) is 4.95. The summed E-state index contributed by atoms with van der Waals surface area (Å²) >= 11 is 7.83. The van der Waals surface area contributed by atoms with Crippen LogP contribution in [0.5, 0.6) is 0 Å². The molecule has 0 aliphatic carbocycles. The molecular weight excluding hydrogens is 264 g/mol. The first-order valence-electron chi connectivity index (χ1n) is 6.33. The summed E-state index contributed by atoms with van der Waals surface area (Å²) < 4.78 is 0. The molecule has 4 heteroatoms. The number of hydrogen-bond acceptors (Lipinski definition) is 3. The predicted octanol–water partition coefficient (Wildman–Crippen LogP) is 3.95. The van der Waals surface area contributed by atoms with E-state index in [0.29, 0.717) is 5.25 Å². The van der Waals surface area contributed by atoms with Crippen molar-refractivity contribution < 1.29 is 0 Å². The molecule has 1 heterocycles. The fourth-order valence-corrected chi connectivity index (χ4v) is 3.45. The highest BCUT2D eigenvalue weighted by atomic mass is 35.5. The Balaban J connectivity index is 1.78. The molecule has 0 saturated heterocycles. The summed E-state index contributed by atoms with van der Waals surface area (Å²) in [6.07, 6.45) is 1.23. The highest BCUT2D eigenvalue weighted by Gasteiger charge is 2.20. The summed E-state index contributed by atoms with van der Waals surface area (Å²) in [6, 6.07) is 7.93. The first-order chi connectivity index (χ1) is 8.63. The zero-order chi connectivity index (χ0) is 13.0. The van der Waals surface area contributed by atoms with Crippen LogP contribution < -0.4 is 5.32 Å². The Morgan fingerprint density at radius 2 is 2.33 bits per heavy atom. The summed E-state index contributed by atoms with van der Waals surface area (Å²) in [5.74, 6) is 0.741. The fraction of sp³-hybridized carbons (Fsp3) is 0.500. The van der Waals surface area contributed by atoms with Crippen LogP contribution in [0.15, 0.2) is 29.3 Å². The largest absolute Gasteiger partial charge is 0.361 e. The number of hydrogen-bond donors (Lipinski definition) is 1. The quantitative estimate of drug-likeness (QED) is 0.904. The van der Waals surface area contributed by atoms with Crippen molar-refractivity contribution in [2.24, 2.45) is 10.9 Å². The van der Waals surface area contributed by atoms with Crippen LogP contribution in [-0.4, -0.2) is 17.0 Å². The molecule has 2 nitrogen and oxygen atoms in total. The van der Waals surface area contributed by atoms with E-state index in [2.05, 4.69) is 30.2 Å². The third-order valence-corrected chi connectivity index (χ3v) is 4.19. The molecule has 18 heavy (non-hydrogen) atoms. The van der Waals surface area contributed by atoms with E-state index < -0.39 is 0 Å². The van der Waals surface area contributed by atoms with E-state index in [4.69, 9.17) is 11.6 Å². The number of nitrogens with one attached hydrogen (secondary N) is 1. The lowest BCUT2D eigenvalue weighted by Gasteiger charge is -2.11. The topological polar surface area (TPSA) is 24.4 Å². The number of nitrogens with zero attached hydrogens (tertiary/aromatic N) is 1. The maximum Gasteiger partial charge on any atom is 0.157 e. The van der Waals surface area contributed by atoms with Gasteiger partial charge in [-0.3, -0.25) is 4.99 Å². The van der Waals surface area contributed by atoms with E-state index in [0.717, 1.165) is 29.2 Å². The maximum absolute atomic E-state index is 5.96. The van der Waals surface area contributed by atoms with Gasteiger partial charge in [0.25, 0.3) is 0 Å². The molecule has 1 aliphatic rings. The maximum atomic E-state index is 5.96. The molecule has 1 atom stereocenters. The Bertz CT molecular complexity index is 432. The Morgan fingerprint density at radius 3 is 3.06 bits per heavy atom. The third-order valence-electron chi connectivity index (χ3n) is 2.78. The molecule has 0 radical (unpaired) electrons. The molecule has 1 unspecified atom stereocenters. The Labute approximate surface area is 118 Å². The first kappa shape index (κ1) is 13.8. The van der Waals surface area contributed by atoms with E-state index in [1.807, 2.05) is 30.0 Å². The van der Waals surface area contributed by atoms with Gasteiger partial charge in [0.2, 0.25) is 0 Å². The van der Waals surface area contributed by atoms with Gasteiger partial charge in [0, 0.05) is 16.8 Å². The van der Waals surface area contributed by atoms with Crippen LogP contribution in [0, 0.1) is 5.92 Å². The zero-order valence-corrected chi connectivity index (χ0v) is 12.4. The minimum Gasteiger partial charge on any atom is -0.361 e. The van der Waals surface area contributed by atoms with Crippen LogP contribution >= 0.6 is 23.4 Å². The summed E-state index contributed by atoms with van der Waals surface area (Å²) in [4.78, 5) is 4.54. The van der Waals surface area contributed by atoms with Gasteiger partial charge in [0.15, 0.2) is 5.17 Å². The minimum absolute atomic E-state index is 0.645. The second-order valence-corrected chi connectivity index (χ2v) is 6.72. The van der Waals surface area contributed by atoms with E-state index in [9.17, 15) is 0 Å². The third kappa shape index (κ3) is 4.21. The van der Waals surface area contributed by atoms with E-state index in [1.54, 1.807) is 0 Å². The van der Waals surface area contributed by atoms with Gasteiger partial charge >= 0.3 is 0 Å². The number of amidine groups is 1. The highest BCUT2D eigenvalue weighted by Crippen LogP contribution is 2.25. The molecular formula is C14H19ClN2S. The van der Waals surface area contributed by atoms with E-state index >= 15 is 0 Å². The molecule has 98 valence electrons. The van der Waals surface area contributed by atoms with Crippen LogP contribution in [0.1, 0.15) is 25.8 Å². The molecule has 0 spiro atoms. The van der Waals surface area contributed by atoms with Gasteiger partial charge in [-0.1, -0.05) is 49.3 Å². The normalized spacial score (nSPS) is 19.1. The molecule has 1 N–H and O–H groups in total. The molecule has 1 aromatic carbocycles. The lowest BCUT2D eigenvalue weighted by molar-refractivity contribution is 0.575. The number of benzene rings is 1. The number of rotatable bonds is 4. The summed E-state index contributed by atoms with van der Waals surface area (Å²) in [5.41, 5.74) is 1.19. The molecule has 1 aliphatic heterocycles. The van der Waals surface area contributed by atoms with Crippen molar-refractivity contribution in [1.82, 2.24) is 5.32 Å². The standard InChI is InChI=1S/C14H19ClN2S/c1-10(2)6-13-9-17-14(18-13)16-8-11-4-3-5-12(15)7-11/h3-5,7,10,13H,6,8-9H2,1-2H3,(H,16,17). The van der Waals surface area contributed by atoms with Gasteiger partial charge in [-0.05, 0) is 30.0 Å². The molecule has 0 amide bonds. The van der Waals surface area contributed by atoms with Crippen molar-refractivity contribution in [3.63, 3.8) is 0 Å². The van der Waals surface area contributed by atoms with Gasteiger partial charge in [0.05, 0.1) is 6.54 Å². The smallest absolute Gasteiger partial charge is 0.157 e. The Morgan fingerprint density at radius 1 is 1.50 bits per heavy atom. The predicted molar refractivity (Wildman–Crippen MR) is 81.4 cm³/mol. The summed E-state index contributed by atoms with van der Waals surface area (Å²) in [7, 11) is 0. The van der Waals surface area contributed by atoms with E-state index in [-0.39, 0.29) is 0 Å². The lowest BCUT2D eigenvalue weighted by atomic mass is 10.1. The summed E-state index contributed by atoms with van der Waals surface area (Å²) in [5, 5.41) is 5.88. The molecule has 2 rings (SSSR count). The SMILES string of the molecule is CC(C)CC1CN=C(NCc2cccc(Cl)c2)S1. The van der Waals surface area contributed by atoms with Crippen LogP contribution in [0.4, 0.5) is 0 Å². The van der Waals surface area contributed by atoms with Gasteiger partial charge in [-0.25, -0.2) is 0 Å². The molecule has 0 aromatic heterocycles.